The van der Waals surface area contributed by atoms with E-state index in [0.717, 1.165) is 48.1 Å². The molecule has 2 bridgehead atoms. The molecule has 32 heavy (non-hydrogen) atoms. The van der Waals surface area contributed by atoms with Gasteiger partial charge in [0.1, 0.15) is 0 Å². The molecule has 1 aromatic carbocycles. The Kier molecular flexibility index (Phi) is 6.83. The third-order valence-corrected chi connectivity index (χ3v) is 8.61. The molecule has 2 heterocycles. The van der Waals surface area contributed by atoms with E-state index in [1.807, 2.05) is 18.2 Å². The molecular formula is C25H35N5OS. The Morgan fingerprint density at radius 2 is 1.94 bits per heavy atom. The maximum Gasteiger partial charge on any atom is 0.230 e. The van der Waals surface area contributed by atoms with Gasteiger partial charge < -0.3 is 5.32 Å². The van der Waals surface area contributed by atoms with E-state index >= 15 is 0 Å². The van der Waals surface area contributed by atoms with Gasteiger partial charge in [-0.3, -0.25) is 14.3 Å². The summed E-state index contributed by atoms with van der Waals surface area (Å²) in [5, 5.41) is 13.1. The van der Waals surface area contributed by atoms with Crippen LogP contribution in [0.5, 0.6) is 0 Å². The first-order valence-corrected chi connectivity index (χ1v) is 13.3. The number of hydrogen-bond donors (Lipinski definition) is 1. The minimum absolute atomic E-state index is 0.102. The molecule has 6 nitrogen and oxygen atoms in total. The molecule has 2 aromatic rings. The topological polar surface area (TPSA) is 63.1 Å². The number of amides is 1. The van der Waals surface area contributed by atoms with Crippen LogP contribution in [0.4, 0.5) is 0 Å². The summed E-state index contributed by atoms with van der Waals surface area (Å²) in [5.41, 5.74) is 1.06. The standard InChI is InChI=1S/C25H35N5OS/c1-18(22-15-19-10-11-20(22)14-19)26-24(31)17-32-25-28-27-23(16-29-12-6-3-7-13-29)30(25)21-8-4-2-5-9-21/h2,4-5,8-9,18-20,22H,3,6-7,10-17H2,1H3,(H,26,31). The zero-order valence-electron chi connectivity index (χ0n) is 19.1. The Morgan fingerprint density at radius 1 is 1.12 bits per heavy atom. The van der Waals surface area contributed by atoms with E-state index in [1.165, 1.54) is 56.7 Å². The quantitative estimate of drug-likeness (QED) is 0.604. The molecule has 4 unspecified atom stereocenters. The maximum atomic E-state index is 12.8. The van der Waals surface area contributed by atoms with Crippen molar-refractivity contribution in [2.75, 3.05) is 18.8 Å². The van der Waals surface area contributed by atoms with Gasteiger partial charge in [-0.05, 0) is 82.0 Å². The summed E-state index contributed by atoms with van der Waals surface area (Å²) in [6, 6.07) is 10.5. The molecule has 1 aliphatic heterocycles. The van der Waals surface area contributed by atoms with Crippen LogP contribution in [0, 0.1) is 17.8 Å². The van der Waals surface area contributed by atoms with Crippen molar-refractivity contribution in [1.29, 1.82) is 0 Å². The fraction of sp³-hybridized carbons (Fsp3) is 0.640. The molecule has 1 aromatic heterocycles. The molecular weight excluding hydrogens is 418 g/mol. The molecule has 0 spiro atoms. The van der Waals surface area contributed by atoms with Crippen LogP contribution in [-0.4, -0.2) is 50.5 Å². The Balaban J connectivity index is 1.24. The SMILES string of the molecule is CC(NC(=O)CSc1nnc(CN2CCCCC2)n1-c1ccccc1)C1CC2CCC1C2. The highest BCUT2D eigenvalue weighted by Gasteiger charge is 2.42. The zero-order valence-corrected chi connectivity index (χ0v) is 19.9. The Morgan fingerprint density at radius 3 is 2.66 bits per heavy atom. The van der Waals surface area contributed by atoms with Crippen molar-refractivity contribution in [3.8, 4) is 5.69 Å². The molecule has 0 radical (unpaired) electrons. The van der Waals surface area contributed by atoms with E-state index in [2.05, 4.69) is 44.0 Å². The number of hydrogen-bond acceptors (Lipinski definition) is 5. The molecule has 2 saturated carbocycles. The lowest BCUT2D eigenvalue weighted by atomic mass is 9.84. The molecule has 1 amide bonds. The summed E-state index contributed by atoms with van der Waals surface area (Å²) in [6.45, 7) is 5.23. The molecule has 172 valence electrons. The van der Waals surface area contributed by atoms with Gasteiger partial charge in [0.2, 0.25) is 5.91 Å². The van der Waals surface area contributed by atoms with Gasteiger partial charge in [-0.15, -0.1) is 10.2 Å². The fourth-order valence-electron chi connectivity index (χ4n) is 6.09. The average Bonchev–Trinajstić information content (AvgIpc) is 3.55. The minimum atomic E-state index is 0.102. The molecule has 5 rings (SSSR count). The largest absolute Gasteiger partial charge is 0.353 e. The van der Waals surface area contributed by atoms with Crippen molar-refractivity contribution in [3.63, 3.8) is 0 Å². The van der Waals surface area contributed by atoms with E-state index < -0.39 is 0 Å². The highest BCUT2D eigenvalue weighted by Crippen LogP contribution is 2.49. The van der Waals surface area contributed by atoms with Crippen LogP contribution in [0.15, 0.2) is 35.5 Å². The highest BCUT2D eigenvalue weighted by atomic mass is 32.2. The summed E-state index contributed by atoms with van der Waals surface area (Å²) in [4.78, 5) is 15.2. The summed E-state index contributed by atoms with van der Waals surface area (Å²) < 4.78 is 2.13. The van der Waals surface area contributed by atoms with Gasteiger partial charge in [0.25, 0.3) is 0 Å². The second-order valence-electron chi connectivity index (χ2n) is 9.89. The summed E-state index contributed by atoms with van der Waals surface area (Å²) in [6.07, 6.45) is 9.24. The molecule has 2 aliphatic carbocycles. The van der Waals surface area contributed by atoms with Crippen LogP contribution in [0.1, 0.15) is 57.7 Å². The smallest absolute Gasteiger partial charge is 0.230 e. The number of thioether (sulfide) groups is 1. The van der Waals surface area contributed by atoms with Gasteiger partial charge >= 0.3 is 0 Å². The minimum Gasteiger partial charge on any atom is -0.353 e. The zero-order chi connectivity index (χ0) is 21.9. The number of nitrogens with one attached hydrogen (secondary N) is 1. The number of para-hydroxylation sites is 1. The van der Waals surface area contributed by atoms with Crippen molar-refractivity contribution in [2.45, 2.75) is 69.6 Å². The Bertz CT molecular complexity index is 910. The van der Waals surface area contributed by atoms with E-state index in [0.29, 0.717) is 11.7 Å². The van der Waals surface area contributed by atoms with Crippen molar-refractivity contribution in [3.05, 3.63) is 36.2 Å². The van der Waals surface area contributed by atoms with Crippen molar-refractivity contribution >= 4 is 17.7 Å². The third-order valence-electron chi connectivity index (χ3n) is 7.68. The molecule has 1 saturated heterocycles. The highest BCUT2D eigenvalue weighted by molar-refractivity contribution is 7.99. The average molecular weight is 454 g/mol. The predicted molar refractivity (Wildman–Crippen MR) is 128 cm³/mol. The van der Waals surface area contributed by atoms with Gasteiger partial charge in [-0.2, -0.15) is 0 Å². The number of carbonyl (C=O) groups is 1. The number of benzene rings is 1. The Hall–Kier alpha value is -1.86. The first-order chi connectivity index (χ1) is 15.7. The van der Waals surface area contributed by atoms with Crippen LogP contribution < -0.4 is 5.32 Å². The third kappa shape index (κ3) is 4.88. The number of likely N-dealkylation sites (tertiary alicyclic amines) is 1. The van der Waals surface area contributed by atoms with E-state index in [4.69, 9.17) is 0 Å². The maximum absolute atomic E-state index is 12.8. The lowest BCUT2D eigenvalue weighted by Crippen LogP contribution is -2.40. The number of nitrogens with zero attached hydrogens (tertiary/aromatic N) is 4. The van der Waals surface area contributed by atoms with Crippen LogP contribution in [0.3, 0.4) is 0 Å². The van der Waals surface area contributed by atoms with Crippen molar-refractivity contribution in [1.82, 2.24) is 25.0 Å². The summed E-state index contributed by atoms with van der Waals surface area (Å²) >= 11 is 1.49. The summed E-state index contributed by atoms with van der Waals surface area (Å²) in [7, 11) is 0. The lowest BCUT2D eigenvalue weighted by Gasteiger charge is -2.28. The van der Waals surface area contributed by atoms with Gasteiger partial charge in [0, 0.05) is 11.7 Å². The normalized spacial score (nSPS) is 26.3. The van der Waals surface area contributed by atoms with Crippen molar-refractivity contribution in [2.24, 2.45) is 17.8 Å². The second kappa shape index (κ2) is 9.96. The van der Waals surface area contributed by atoms with Crippen LogP contribution >= 0.6 is 11.8 Å². The molecule has 4 atom stereocenters. The number of aromatic nitrogens is 3. The molecule has 1 N–H and O–H groups in total. The second-order valence-corrected chi connectivity index (χ2v) is 10.8. The molecule has 3 fully saturated rings. The molecule has 7 heteroatoms. The Labute approximate surface area is 195 Å². The van der Waals surface area contributed by atoms with Crippen LogP contribution in [0.2, 0.25) is 0 Å². The monoisotopic (exact) mass is 453 g/mol. The van der Waals surface area contributed by atoms with Gasteiger partial charge in [0.05, 0.1) is 12.3 Å². The predicted octanol–water partition coefficient (Wildman–Crippen LogP) is 4.29. The van der Waals surface area contributed by atoms with E-state index in [1.54, 1.807) is 0 Å². The van der Waals surface area contributed by atoms with Crippen LogP contribution in [0.25, 0.3) is 5.69 Å². The van der Waals surface area contributed by atoms with E-state index in [9.17, 15) is 4.79 Å². The fourth-order valence-corrected chi connectivity index (χ4v) is 6.87. The number of rotatable bonds is 8. The lowest BCUT2D eigenvalue weighted by molar-refractivity contribution is -0.119. The number of fused-ring (bicyclic) bond motifs is 2. The molecule has 3 aliphatic rings. The van der Waals surface area contributed by atoms with Gasteiger partial charge in [0.15, 0.2) is 11.0 Å². The van der Waals surface area contributed by atoms with Crippen molar-refractivity contribution < 1.29 is 4.79 Å². The summed E-state index contributed by atoms with van der Waals surface area (Å²) in [5.74, 6) is 3.82. The number of carbonyl (C=O) groups excluding carboxylic acids is 1. The van der Waals surface area contributed by atoms with Crippen LogP contribution in [-0.2, 0) is 11.3 Å². The first kappa shape index (κ1) is 22.0. The van der Waals surface area contributed by atoms with Gasteiger partial charge in [-0.25, -0.2) is 0 Å². The van der Waals surface area contributed by atoms with E-state index in [-0.39, 0.29) is 11.9 Å². The number of piperidine rings is 1. The first-order valence-electron chi connectivity index (χ1n) is 12.3. The van der Waals surface area contributed by atoms with Gasteiger partial charge in [-0.1, -0.05) is 42.8 Å².